The first kappa shape index (κ1) is 25.2. The van der Waals surface area contributed by atoms with Crippen LogP contribution in [0.1, 0.15) is 91.9 Å². The molecule has 5 heteroatoms. The van der Waals surface area contributed by atoms with Gasteiger partial charge >= 0.3 is 0 Å². The summed E-state index contributed by atoms with van der Waals surface area (Å²) in [4.78, 5) is 11.1. The summed E-state index contributed by atoms with van der Waals surface area (Å²) in [5.41, 5.74) is 2.70. The Bertz CT molecular complexity index is 783. The quantitative estimate of drug-likeness (QED) is 0.372. The number of aliphatic hydroxyl groups excluding tert-OH is 2. The van der Waals surface area contributed by atoms with Gasteiger partial charge in [-0.25, -0.2) is 0 Å². The molecule has 0 heterocycles. The molecule has 0 aromatic heterocycles. The Hall–Kier alpha value is -1.46. The lowest BCUT2D eigenvalue weighted by Crippen LogP contribution is -2.36. The highest BCUT2D eigenvalue weighted by molar-refractivity contribution is 5.38. The van der Waals surface area contributed by atoms with E-state index < -0.39 is 17.7 Å². The molecule has 32 heavy (non-hydrogen) atoms. The van der Waals surface area contributed by atoms with Crippen molar-refractivity contribution in [3.8, 4) is 0 Å². The topological polar surface area (TPSA) is 83.6 Å². The van der Waals surface area contributed by atoms with Crippen molar-refractivity contribution in [2.24, 2.45) is 23.2 Å². The molecule has 3 saturated carbocycles. The molecule has 0 bridgehead atoms. The van der Waals surface area contributed by atoms with Crippen LogP contribution in [0.5, 0.6) is 0 Å². The van der Waals surface area contributed by atoms with Gasteiger partial charge in [-0.3, -0.25) is 10.1 Å². The first-order chi connectivity index (χ1) is 15.0. The second-order valence-corrected chi connectivity index (χ2v) is 11.6. The molecular weight excluding hydrogens is 402 g/mol. The van der Waals surface area contributed by atoms with Gasteiger partial charge in [0.2, 0.25) is 5.54 Å². The van der Waals surface area contributed by atoms with E-state index in [1.165, 1.54) is 31.3 Å². The van der Waals surface area contributed by atoms with Gasteiger partial charge in [-0.05, 0) is 79.3 Å². The van der Waals surface area contributed by atoms with Gasteiger partial charge < -0.3 is 10.2 Å². The Morgan fingerprint density at radius 3 is 2.72 bits per heavy atom. The molecule has 0 radical (unpaired) electrons. The average Bonchev–Trinajstić information content (AvgIpc) is 3.06. The summed E-state index contributed by atoms with van der Waals surface area (Å²) in [6, 6.07) is 0. The minimum absolute atomic E-state index is 0.143. The fraction of sp³-hybridized carbons (Fsp3) is 0.778. The summed E-state index contributed by atoms with van der Waals surface area (Å²) < 4.78 is 0. The van der Waals surface area contributed by atoms with Crippen molar-refractivity contribution in [3.05, 3.63) is 45.6 Å². The molecule has 6 atom stereocenters. The largest absolute Gasteiger partial charge is 0.393 e. The highest BCUT2D eigenvalue weighted by Gasteiger charge is 2.50. The molecule has 0 saturated heterocycles. The summed E-state index contributed by atoms with van der Waals surface area (Å²) in [7, 11) is 0. The monoisotopic (exact) mass is 445 g/mol. The summed E-state index contributed by atoms with van der Waals surface area (Å²) in [5, 5.41) is 31.4. The standard InChI is InChI=1S/C27H43NO4/c1-18(8-6-14-26(3,4)28(31)32)23-12-13-24-20(9-7-15-27(23,24)5)10-11-21-16-22(29)17-25(30)19(21)2/h10-11,18,22-25,29-30H,2,6-9,12-17H2,1,3-5H3/b20-10+,21-11-/t18-,22-,23-,24+,25+,27-/m1/s1. The number of rotatable bonds is 7. The van der Waals surface area contributed by atoms with E-state index >= 15 is 0 Å². The molecule has 3 aliphatic carbocycles. The third kappa shape index (κ3) is 5.20. The smallest absolute Gasteiger partial charge is 0.216 e. The molecule has 3 fully saturated rings. The van der Waals surface area contributed by atoms with E-state index in [1.807, 2.05) is 0 Å². The molecule has 3 aliphatic rings. The molecule has 3 rings (SSSR count). The van der Waals surface area contributed by atoms with E-state index in [9.17, 15) is 20.3 Å². The van der Waals surface area contributed by atoms with Crippen molar-refractivity contribution >= 4 is 0 Å². The Morgan fingerprint density at radius 1 is 1.31 bits per heavy atom. The Labute approximate surface area is 193 Å². The van der Waals surface area contributed by atoms with Crippen LogP contribution in [0.2, 0.25) is 0 Å². The van der Waals surface area contributed by atoms with Crippen molar-refractivity contribution in [1.82, 2.24) is 0 Å². The predicted octanol–water partition coefficient (Wildman–Crippen LogP) is 5.99. The van der Waals surface area contributed by atoms with Crippen LogP contribution in [0.3, 0.4) is 0 Å². The summed E-state index contributed by atoms with van der Waals surface area (Å²) in [5.74, 6) is 1.83. The first-order valence-electron chi connectivity index (χ1n) is 12.5. The minimum Gasteiger partial charge on any atom is -0.393 e. The van der Waals surface area contributed by atoms with E-state index in [4.69, 9.17) is 0 Å². The van der Waals surface area contributed by atoms with Gasteiger partial charge in [0.25, 0.3) is 0 Å². The highest BCUT2D eigenvalue weighted by atomic mass is 16.6. The van der Waals surface area contributed by atoms with Gasteiger partial charge in [0.1, 0.15) is 0 Å². The van der Waals surface area contributed by atoms with Crippen molar-refractivity contribution in [3.63, 3.8) is 0 Å². The molecule has 180 valence electrons. The van der Waals surface area contributed by atoms with Gasteiger partial charge in [-0.1, -0.05) is 44.6 Å². The zero-order valence-corrected chi connectivity index (χ0v) is 20.5. The lowest BCUT2D eigenvalue weighted by Gasteiger charge is -2.44. The zero-order valence-electron chi connectivity index (χ0n) is 20.5. The lowest BCUT2D eigenvalue weighted by atomic mass is 9.60. The lowest BCUT2D eigenvalue weighted by molar-refractivity contribution is -0.561. The minimum atomic E-state index is -0.833. The summed E-state index contributed by atoms with van der Waals surface area (Å²) >= 11 is 0. The fourth-order valence-corrected chi connectivity index (χ4v) is 6.83. The van der Waals surface area contributed by atoms with Gasteiger partial charge in [-0.15, -0.1) is 0 Å². The average molecular weight is 446 g/mol. The van der Waals surface area contributed by atoms with Crippen molar-refractivity contribution < 1.29 is 15.1 Å². The molecule has 0 spiro atoms. The highest BCUT2D eigenvalue weighted by Crippen LogP contribution is 2.60. The van der Waals surface area contributed by atoms with E-state index in [1.54, 1.807) is 13.8 Å². The van der Waals surface area contributed by atoms with E-state index in [2.05, 4.69) is 32.6 Å². The van der Waals surface area contributed by atoms with Crippen molar-refractivity contribution in [1.29, 1.82) is 0 Å². The molecular formula is C27H43NO4. The molecule has 0 amide bonds. The van der Waals surface area contributed by atoms with Gasteiger partial charge in [0.05, 0.1) is 12.2 Å². The van der Waals surface area contributed by atoms with E-state index in [0.717, 1.165) is 30.4 Å². The van der Waals surface area contributed by atoms with Crippen molar-refractivity contribution in [2.45, 2.75) is 110 Å². The van der Waals surface area contributed by atoms with Crippen LogP contribution in [0, 0.1) is 33.3 Å². The Balaban J connectivity index is 1.68. The maximum Gasteiger partial charge on any atom is 0.216 e. The molecule has 0 aromatic carbocycles. The van der Waals surface area contributed by atoms with Crippen LogP contribution in [0.4, 0.5) is 0 Å². The third-order valence-corrected chi connectivity index (χ3v) is 8.93. The van der Waals surface area contributed by atoms with Crippen LogP contribution in [0.15, 0.2) is 35.5 Å². The normalized spacial score (nSPS) is 37.0. The number of hydrogen-bond acceptors (Lipinski definition) is 4. The molecule has 0 unspecified atom stereocenters. The second kappa shape index (κ2) is 9.80. The number of allylic oxidation sites excluding steroid dienone is 3. The molecule has 0 aromatic rings. The molecule has 0 aliphatic heterocycles. The fourth-order valence-electron chi connectivity index (χ4n) is 6.83. The summed E-state index contributed by atoms with van der Waals surface area (Å²) in [6.45, 7) is 12.3. The third-order valence-electron chi connectivity index (χ3n) is 8.93. The Kier molecular flexibility index (Phi) is 7.71. The van der Waals surface area contributed by atoms with E-state index in [0.29, 0.717) is 42.4 Å². The number of nitrogens with zero attached hydrogens (tertiary/aromatic N) is 1. The van der Waals surface area contributed by atoms with Gasteiger partial charge in [-0.2, -0.15) is 0 Å². The SMILES string of the molecule is C=C1/C(=C\C=C2/CCC[C@]3(C)[C@@H]([C@H](C)CCCC(C)(C)[N+](=O)[O-])CC[C@@H]23)C[C@@H](O)C[C@@H]1O. The van der Waals surface area contributed by atoms with Crippen LogP contribution in [-0.2, 0) is 0 Å². The number of hydrogen-bond donors (Lipinski definition) is 2. The second-order valence-electron chi connectivity index (χ2n) is 11.6. The Morgan fingerprint density at radius 2 is 2.03 bits per heavy atom. The summed E-state index contributed by atoms with van der Waals surface area (Å²) in [6.07, 6.45) is 12.8. The van der Waals surface area contributed by atoms with Crippen LogP contribution >= 0.6 is 0 Å². The van der Waals surface area contributed by atoms with Gasteiger partial charge in [0, 0.05) is 31.6 Å². The number of nitro groups is 1. The molecule has 5 nitrogen and oxygen atoms in total. The maximum atomic E-state index is 11.2. The van der Waals surface area contributed by atoms with Crippen molar-refractivity contribution in [2.75, 3.05) is 0 Å². The van der Waals surface area contributed by atoms with E-state index in [-0.39, 0.29) is 4.92 Å². The predicted molar refractivity (Wildman–Crippen MR) is 129 cm³/mol. The van der Waals surface area contributed by atoms with Crippen LogP contribution in [0.25, 0.3) is 0 Å². The number of fused-ring (bicyclic) bond motifs is 1. The zero-order chi connectivity index (χ0) is 23.7. The number of aliphatic hydroxyl groups is 2. The van der Waals surface area contributed by atoms with Crippen LogP contribution < -0.4 is 0 Å². The van der Waals surface area contributed by atoms with Crippen LogP contribution in [-0.4, -0.2) is 32.9 Å². The first-order valence-corrected chi connectivity index (χ1v) is 12.5. The maximum absolute atomic E-state index is 11.2. The molecule has 2 N–H and O–H groups in total. The van der Waals surface area contributed by atoms with Gasteiger partial charge in [0.15, 0.2) is 0 Å².